The van der Waals surface area contributed by atoms with Crippen molar-refractivity contribution in [3.05, 3.63) is 0 Å². The molecular formula is C25H46N4O7S4. The summed E-state index contributed by atoms with van der Waals surface area (Å²) in [6, 6.07) is -2.06. The van der Waals surface area contributed by atoms with E-state index in [-0.39, 0.29) is 17.4 Å². The Labute approximate surface area is 254 Å². The molecule has 3 amide bonds. The highest BCUT2D eigenvalue weighted by atomic mass is 33.1. The molecule has 40 heavy (non-hydrogen) atoms. The SMILES string of the molecule is CNCCSC1CCC1SCCNC(=O)C(CSSCC(NC(=O)OC(C)(C)C)C(=O)O)NC(=O)OC(C)(C)C. The lowest BCUT2D eigenvalue weighted by atomic mass is 9.99. The largest absolute Gasteiger partial charge is 0.480 e. The van der Waals surface area contributed by atoms with Gasteiger partial charge in [0, 0.05) is 46.6 Å². The van der Waals surface area contributed by atoms with Crippen LogP contribution in [0.1, 0.15) is 54.4 Å². The van der Waals surface area contributed by atoms with Gasteiger partial charge in [0.15, 0.2) is 0 Å². The molecule has 5 N–H and O–H groups in total. The topological polar surface area (TPSA) is 155 Å². The number of ether oxygens (including phenoxy) is 2. The van der Waals surface area contributed by atoms with Crippen molar-refractivity contribution in [1.82, 2.24) is 21.3 Å². The van der Waals surface area contributed by atoms with Gasteiger partial charge in [0.05, 0.1) is 0 Å². The Balaban J connectivity index is 2.56. The van der Waals surface area contributed by atoms with Gasteiger partial charge in [-0.05, 0) is 61.4 Å². The van der Waals surface area contributed by atoms with Gasteiger partial charge in [0.25, 0.3) is 0 Å². The lowest BCUT2D eigenvalue weighted by Gasteiger charge is -2.35. The van der Waals surface area contributed by atoms with Crippen molar-refractivity contribution < 1.29 is 33.8 Å². The fraction of sp³-hybridized carbons (Fsp3) is 0.840. The molecule has 0 heterocycles. The second kappa shape index (κ2) is 18.4. The zero-order chi connectivity index (χ0) is 30.3. The van der Waals surface area contributed by atoms with Crippen LogP contribution >= 0.6 is 45.1 Å². The highest BCUT2D eigenvalue weighted by Gasteiger charge is 2.31. The van der Waals surface area contributed by atoms with E-state index in [4.69, 9.17) is 9.47 Å². The Hall–Kier alpha value is -1.16. The van der Waals surface area contributed by atoms with E-state index in [2.05, 4.69) is 21.3 Å². The Morgan fingerprint density at radius 2 is 1.25 bits per heavy atom. The third-order valence-electron chi connectivity index (χ3n) is 5.12. The molecule has 0 aromatic heterocycles. The zero-order valence-electron chi connectivity index (χ0n) is 24.5. The van der Waals surface area contributed by atoms with Gasteiger partial charge in [-0.2, -0.15) is 23.5 Å². The first-order valence-corrected chi connectivity index (χ1v) is 17.8. The van der Waals surface area contributed by atoms with Crippen LogP contribution in [-0.4, -0.2) is 106 Å². The number of amides is 3. The Bertz CT molecular complexity index is 824. The summed E-state index contributed by atoms with van der Waals surface area (Å²) in [6.45, 7) is 11.7. The normalized spacial score (nSPS) is 18.6. The second-order valence-electron chi connectivity index (χ2n) is 11.1. The van der Waals surface area contributed by atoms with E-state index in [9.17, 15) is 24.3 Å². The van der Waals surface area contributed by atoms with Gasteiger partial charge in [0.2, 0.25) is 5.91 Å². The smallest absolute Gasteiger partial charge is 0.408 e. The number of rotatable bonds is 17. The van der Waals surface area contributed by atoms with E-state index in [0.717, 1.165) is 18.1 Å². The van der Waals surface area contributed by atoms with Crippen molar-refractivity contribution in [2.45, 2.75) is 88.2 Å². The van der Waals surface area contributed by atoms with Crippen molar-refractivity contribution in [2.24, 2.45) is 0 Å². The number of thioether (sulfide) groups is 2. The first kappa shape index (κ1) is 36.9. The van der Waals surface area contributed by atoms with Crippen LogP contribution < -0.4 is 21.3 Å². The van der Waals surface area contributed by atoms with E-state index in [1.54, 1.807) is 41.5 Å². The van der Waals surface area contributed by atoms with Crippen molar-refractivity contribution in [3.63, 3.8) is 0 Å². The maximum atomic E-state index is 12.9. The summed E-state index contributed by atoms with van der Waals surface area (Å²) >= 11 is 3.86. The number of carboxylic acids is 1. The Morgan fingerprint density at radius 1 is 0.800 bits per heavy atom. The van der Waals surface area contributed by atoms with Gasteiger partial charge in [-0.25, -0.2) is 14.4 Å². The Morgan fingerprint density at radius 3 is 1.68 bits per heavy atom. The molecule has 15 heteroatoms. The third-order valence-corrected chi connectivity index (χ3v) is 10.6. The van der Waals surface area contributed by atoms with Gasteiger partial charge in [-0.15, -0.1) is 0 Å². The number of carboxylic acid groups (broad SMARTS) is 1. The van der Waals surface area contributed by atoms with Crippen molar-refractivity contribution in [2.75, 3.05) is 43.1 Å². The first-order valence-electron chi connectivity index (χ1n) is 13.2. The molecule has 0 spiro atoms. The van der Waals surface area contributed by atoms with Crippen LogP contribution in [0.3, 0.4) is 0 Å². The Kier molecular flexibility index (Phi) is 17.0. The third kappa shape index (κ3) is 16.9. The van der Waals surface area contributed by atoms with E-state index in [1.165, 1.54) is 34.4 Å². The molecule has 0 radical (unpaired) electrons. The molecule has 0 bridgehead atoms. The van der Waals surface area contributed by atoms with Crippen molar-refractivity contribution in [1.29, 1.82) is 0 Å². The molecule has 1 aliphatic rings. The number of hydrogen-bond acceptors (Lipinski definition) is 11. The van der Waals surface area contributed by atoms with E-state index < -0.39 is 41.4 Å². The number of alkyl carbamates (subject to hydrolysis) is 2. The molecule has 1 rings (SSSR count). The number of hydrogen-bond donors (Lipinski definition) is 5. The number of aliphatic carboxylic acids is 1. The molecule has 0 saturated heterocycles. The highest BCUT2D eigenvalue weighted by Crippen LogP contribution is 2.39. The predicted octanol–water partition coefficient (Wildman–Crippen LogP) is 3.57. The molecule has 232 valence electrons. The van der Waals surface area contributed by atoms with Crippen LogP contribution in [-0.2, 0) is 19.1 Å². The van der Waals surface area contributed by atoms with Gasteiger partial charge < -0.3 is 35.8 Å². The van der Waals surface area contributed by atoms with Crippen LogP contribution in [0.2, 0.25) is 0 Å². The fourth-order valence-corrected chi connectivity index (χ4v) is 8.37. The van der Waals surface area contributed by atoms with Crippen molar-refractivity contribution >= 4 is 69.2 Å². The molecule has 4 unspecified atom stereocenters. The molecule has 0 aromatic rings. The summed E-state index contributed by atoms with van der Waals surface area (Å²) in [5, 5.41) is 21.7. The van der Waals surface area contributed by atoms with Gasteiger partial charge >= 0.3 is 18.2 Å². The molecule has 1 fully saturated rings. The van der Waals surface area contributed by atoms with Crippen LogP contribution in [0, 0.1) is 0 Å². The molecular weight excluding hydrogens is 597 g/mol. The first-order chi connectivity index (χ1) is 18.6. The number of nitrogens with one attached hydrogen (secondary N) is 4. The summed E-state index contributed by atoms with van der Waals surface area (Å²) in [7, 11) is 4.34. The average Bonchev–Trinajstić information content (AvgIpc) is 2.79. The van der Waals surface area contributed by atoms with Crippen LogP contribution in [0.15, 0.2) is 0 Å². The fourth-order valence-electron chi connectivity index (χ4n) is 3.13. The molecule has 4 atom stereocenters. The molecule has 0 aromatic carbocycles. The molecule has 1 saturated carbocycles. The average molecular weight is 643 g/mol. The van der Waals surface area contributed by atoms with E-state index in [1.807, 2.05) is 30.6 Å². The van der Waals surface area contributed by atoms with Crippen LogP contribution in [0.5, 0.6) is 0 Å². The van der Waals surface area contributed by atoms with Crippen molar-refractivity contribution in [3.8, 4) is 0 Å². The summed E-state index contributed by atoms with van der Waals surface area (Å²) in [6.07, 6.45) is 0.883. The predicted molar refractivity (Wildman–Crippen MR) is 168 cm³/mol. The molecule has 0 aliphatic heterocycles. The maximum absolute atomic E-state index is 12.9. The lowest BCUT2D eigenvalue weighted by molar-refractivity contribution is -0.138. The monoisotopic (exact) mass is 642 g/mol. The second-order valence-corrected chi connectivity index (χ2v) is 16.3. The number of carbonyl (C=O) groups is 4. The van der Waals surface area contributed by atoms with E-state index >= 15 is 0 Å². The van der Waals surface area contributed by atoms with Crippen LogP contribution in [0.25, 0.3) is 0 Å². The van der Waals surface area contributed by atoms with Gasteiger partial charge in [0.1, 0.15) is 23.3 Å². The summed E-state index contributed by atoms with van der Waals surface area (Å²) in [4.78, 5) is 48.9. The van der Waals surface area contributed by atoms with Crippen LogP contribution in [0.4, 0.5) is 9.59 Å². The zero-order valence-corrected chi connectivity index (χ0v) is 27.8. The minimum absolute atomic E-state index is 0.0333. The minimum Gasteiger partial charge on any atom is -0.480 e. The molecule has 1 aliphatic carbocycles. The van der Waals surface area contributed by atoms with Gasteiger partial charge in [-0.3, -0.25) is 4.79 Å². The maximum Gasteiger partial charge on any atom is 0.408 e. The summed E-state index contributed by atoms with van der Waals surface area (Å²) in [5.74, 6) is 0.533. The lowest BCUT2D eigenvalue weighted by Crippen LogP contribution is -2.50. The van der Waals surface area contributed by atoms with E-state index in [0.29, 0.717) is 17.0 Å². The molecule has 11 nitrogen and oxygen atoms in total. The number of carbonyl (C=O) groups excluding carboxylic acids is 3. The minimum atomic E-state index is -1.20. The summed E-state index contributed by atoms with van der Waals surface area (Å²) < 4.78 is 10.4. The van der Waals surface area contributed by atoms with Gasteiger partial charge in [-0.1, -0.05) is 21.6 Å². The highest BCUT2D eigenvalue weighted by molar-refractivity contribution is 8.76. The quantitative estimate of drug-likeness (QED) is 0.116. The summed E-state index contributed by atoms with van der Waals surface area (Å²) in [5.41, 5.74) is -1.48. The standard InChI is InChI=1S/C25H46N4O7S4/c1-24(2,3)35-22(33)28-16(14-39-40-15-17(21(31)32)29-23(34)36-25(4,5)6)20(30)27-11-13-38-19-9-8-18(19)37-12-10-26-7/h16-19,26H,8-15H2,1-7H3,(H,27,30)(H,28,33)(H,29,34)(H,31,32).